The first kappa shape index (κ1) is 18.1. The number of nitro groups is 1. The molecule has 138 valence electrons. The fourth-order valence-electron chi connectivity index (χ4n) is 4.34. The van der Waals surface area contributed by atoms with Crippen LogP contribution in [0.25, 0.3) is 0 Å². The SMILES string of the molecule is Cc1cccc([N+](=O)[O-])c1N1CCC(CN2CC(C)OC(C)C2)CC1. The van der Waals surface area contributed by atoms with Crippen LogP contribution < -0.4 is 4.90 Å². The second kappa shape index (κ2) is 7.70. The number of nitrogens with zero attached hydrogens (tertiary/aromatic N) is 3. The molecule has 2 saturated heterocycles. The van der Waals surface area contributed by atoms with Crippen molar-refractivity contribution in [1.82, 2.24) is 4.90 Å². The number of morpholine rings is 1. The maximum atomic E-state index is 11.4. The third-order valence-corrected chi connectivity index (χ3v) is 5.36. The average Bonchev–Trinajstić information content (AvgIpc) is 2.54. The average molecular weight is 347 g/mol. The van der Waals surface area contributed by atoms with Crippen molar-refractivity contribution in [3.05, 3.63) is 33.9 Å². The van der Waals surface area contributed by atoms with E-state index in [1.807, 2.05) is 13.0 Å². The van der Waals surface area contributed by atoms with E-state index in [1.54, 1.807) is 12.1 Å². The molecule has 2 aliphatic heterocycles. The van der Waals surface area contributed by atoms with Crippen molar-refractivity contribution in [2.75, 3.05) is 37.6 Å². The first-order valence-electron chi connectivity index (χ1n) is 9.30. The minimum Gasteiger partial charge on any atom is -0.373 e. The highest BCUT2D eigenvalue weighted by molar-refractivity contribution is 5.67. The Morgan fingerprint density at radius 2 is 1.84 bits per heavy atom. The molecule has 6 nitrogen and oxygen atoms in total. The smallest absolute Gasteiger partial charge is 0.292 e. The van der Waals surface area contributed by atoms with Crippen LogP contribution in [0, 0.1) is 23.0 Å². The molecule has 0 N–H and O–H groups in total. The molecule has 25 heavy (non-hydrogen) atoms. The minimum absolute atomic E-state index is 0.231. The van der Waals surface area contributed by atoms with E-state index in [0.717, 1.165) is 56.8 Å². The molecular weight excluding hydrogens is 318 g/mol. The fourth-order valence-corrected chi connectivity index (χ4v) is 4.34. The number of piperidine rings is 1. The molecule has 2 aliphatic rings. The van der Waals surface area contributed by atoms with Gasteiger partial charge in [0.1, 0.15) is 5.69 Å². The van der Waals surface area contributed by atoms with Crippen LogP contribution in [0.2, 0.25) is 0 Å². The molecule has 6 heteroatoms. The van der Waals surface area contributed by atoms with Gasteiger partial charge in [-0.1, -0.05) is 12.1 Å². The molecular formula is C19H29N3O3. The lowest BCUT2D eigenvalue weighted by molar-refractivity contribution is -0.384. The van der Waals surface area contributed by atoms with E-state index >= 15 is 0 Å². The number of ether oxygens (including phenoxy) is 1. The normalized spacial score (nSPS) is 26.0. The maximum absolute atomic E-state index is 11.4. The van der Waals surface area contributed by atoms with Gasteiger partial charge in [-0.3, -0.25) is 15.0 Å². The van der Waals surface area contributed by atoms with Gasteiger partial charge >= 0.3 is 0 Å². The molecule has 2 atom stereocenters. The van der Waals surface area contributed by atoms with Gasteiger partial charge in [-0.2, -0.15) is 0 Å². The molecule has 0 bridgehead atoms. The summed E-state index contributed by atoms with van der Waals surface area (Å²) < 4.78 is 5.82. The van der Waals surface area contributed by atoms with Gasteiger partial charge in [-0.15, -0.1) is 0 Å². The predicted octanol–water partition coefficient (Wildman–Crippen LogP) is 3.23. The Kier molecular flexibility index (Phi) is 5.59. The highest BCUT2D eigenvalue weighted by atomic mass is 16.6. The van der Waals surface area contributed by atoms with Crippen LogP contribution in [0.5, 0.6) is 0 Å². The van der Waals surface area contributed by atoms with E-state index in [0.29, 0.717) is 18.1 Å². The monoisotopic (exact) mass is 347 g/mol. The van der Waals surface area contributed by atoms with E-state index in [9.17, 15) is 10.1 Å². The van der Waals surface area contributed by atoms with E-state index in [1.165, 1.54) is 0 Å². The van der Waals surface area contributed by atoms with Crippen molar-refractivity contribution in [3.63, 3.8) is 0 Å². The Balaban J connectivity index is 1.60. The van der Waals surface area contributed by atoms with Gasteiger partial charge < -0.3 is 9.64 Å². The van der Waals surface area contributed by atoms with Crippen LogP contribution in [0.4, 0.5) is 11.4 Å². The summed E-state index contributed by atoms with van der Waals surface area (Å²) in [6.07, 6.45) is 2.79. The van der Waals surface area contributed by atoms with E-state index in [2.05, 4.69) is 23.6 Å². The number of aryl methyl sites for hydroxylation is 1. The minimum atomic E-state index is -0.259. The van der Waals surface area contributed by atoms with Crippen LogP contribution in [-0.4, -0.2) is 54.8 Å². The molecule has 0 amide bonds. The zero-order valence-electron chi connectivity index (χ0n) is 15.5. The Morgan fingerprint density at radius 3 is 2.44 bits per heavy atom. The standard InChI is InChI=1S/C19H29N3O3/c1-14-5-4-6-18(22(23)24)19(14)21-9-7-17(8-10-21)13-20-11-15(2)25-16(3)12-20/h4-6,15-17H,7-13H2,1-3H3. The lowest BCUT2D eigenvalue weighted by atomic mass is 9.94. The number of nitro benzene ring substituents is 1. The zero-order valence-corrected chi connectivity index (χ0v) is 15.5. The van der Waals surface area contributed by atoms with E-state index in [4.69, 9.17) is 4.74 Å². The lowest BCUT2D eigenvalue weighted by Gasteiger charge is -2.40. The van der Waals surface area contributed by atoms with Gasteiger partial charge in [0.2, 0.25) is 0 Å². The van der Waals surface area contributed by atoms with Gasteiger partial charge in [-0.25, -0.2) is 0 Å². The summed E-state index contributed by atoms with van der Waals surface area (Å²) in [5, 5.41) is 11.4. The summed E-state index contributed by atoms with van der Waals surface area (Å²) in [5.74, 6) is 0.664. The largest absolute Gasteiger partial charge is 0.373 e. The first-order chi connectivity index (χ1) is 11.9. The summed E-state index contributed by atoms with van der Waals surface area (Å²) in [6, 6.07) is 5.35. The number of para-hydroxylation sites is 1. The third-order valence-electron chi connectivity index (χ3n) is 5.36. The molecule has 3 rings (SSSR count). The van der Waals surface area contributed by atoms with Crippen LogP contribution in [-0.2, 0) is 4.74 Å². The Hall–Kier alpha value is -1.66. The van der Waals surface area contributed by atoms with Gasteiger partial charge in [0.15, 0.2) is 0 Å². The molecule has 0 saturated carbocycles. The number of rotatable bonds is 4. The summed E-state index contributed by atoms with van der Waals surface area (Å²) >= 11 is 0. The fraction of sp³-hybridized carbons (Fsp3) is 0.684. The molecule has 0 radical (unpaired) electrons. The van der Waals surface area contributed by atoms with Crippen LogP contribution in [0.3, 0.4) is 0 Å². The van der Waals surface area contributed by atoms with Crippen molar-refractivity contribution in [1.29, 1.82) is 0 Å². The van der Waals surface area contributed by atoms with Crippen LogP contribution >= 0.6 is 0 Å². The highest BCUT2D eigenvalue weighted by Gasteiger charge is 2.29. The summed E-state index contributed by atoms with van der Waals surface area (Å²) in [6.45, 7) is 11.2. The molecule has 1 aromatic carbocycles. The van der Waals surface area contributed by atoms with Crippen molar-refractivity contribution in [2.45, 2.75) is 45.8 Å². The summed E-state index contributed by atoms with van der Waals surface area (Å²) in [7, 11) is 0. The van der Waals surface area contributed by atoms with E-state index < -0.39 is 0 Å². The zero-order chi connectivity index (χ0) is 18.0. The molecule has 0 spiro atoms. The maximum Gasteiger partial charge on any atom is 0.292 e. The quantitative estimate of drug-likeness (QED) is 0.618. The third kappa shape index (κ3) is 4.30. The molecule has 0 aromatic heterocycles. The number of anilines is 1. The number of hydrogen-bond acceptors (Lipinski definition) is 5. The van der Waals surface area contributed by atoms with Crippen molar-refractivity contribution in [3.8, 4) is 0 Å². The molecule has 2 fully saturated rings. The van der Waals surface area contributed by atoms with E-state index in [-0.39, 0.29) is 10.6 Å². The Morgan fingerprint density at radius 1 is 1.20 bits per heavy atom. The van der Waals surface area contributed by atoms with Gasteiger partial charge in [0.05, 0.1) is 17.1 Å². The topological polar surface area (TPSA) is 58.9 Å². The first-order valence-corrected chi connectivity index (χ1v) is 9.30. The van der Waals surface area contributed by atoms with Crippen molar-refractivity contribution < 1.29 is 9.66 Å². The van der Waals surface area contributed by atoms with Crippen molar-refractivity contribution >= 4 is 11.4 Å². The van der Waals surface area contributed by atoms with Crippen molar-refractivity contribution in [2.24, 2.45) is 5.92 Å². The second-order valence-electron chi connectivity index (χ2n) is 7.61. The highest BCUT2D eigenvalue weighted by Crippen LogP contribution is 2.34. The summed E-state index contributed by atoms with van der Waals surface area (Å²) in [4.78, 5) is 15.8. The predicted molar refractivity (Wildman–Crippen MR) is 99.2 cm³/mol. The number of hydrogen-bond donors (Lipinski definition) is 0. The summed E-state index contributed by atoms with van der Waals surface area (Å²) in [5.41, 5.74) is 2.03. The molecule has 1 aromatic rings. The van der Waals surface area contributed by atoms with Crippen LogP contribution in [0.15, 0.2) is 18.2 Å². The Labute approximate surface area is 149 Å². The van der Waals surface area contributed by atoms with Gasteiger partial charge in [-0.05, 0) is 45.1 Å². The molecule has 0 aliphatic carbocycles. The second-order valence-corrected chi connectivity index (χ2v) is 7.61. The van der Waals surface area contributed by atoms with Crippen LogP contribution in [0.1, 0.15) is 32.3 Å². The molecule has 2 unspecified atom stereocenters. The number of benzene rings is 1. The van der Waals surface area contributed by atoms with Gasteiger partial charge in [0, 0.05) is 38.8 Å². The Bertz CT molecular complexity index is 604. The lowest BCUT2D eigenvalue weighted by Crippen LogP contribution is -2.48. The van der Waals surface area contributed by atoms with Gasteiger partial charge in [0.25, 0.3) is 5.69 Å². The molecule has 2 heterocycles.